The molecule has 122 valence electrons. The largest absolute Gasteiger partial charge is 0.354 e. The Morgan fingerprint density at radius 2 is 2.09 bits per heavy atom. The van der Waals surface area contributed by atoms with Gasteiger partial charge in [-0.15, -0.1) is 0 Å². The quantitative estimate of drug-likeness (QED) is 0.860. The van der Waals surface area contributed by atoms with Crippen LogP contribution in [-0.4, -0.2) is 42.0 Å². The molecule has 1 amide bonds. The third-order valence-electron chi connectivity index (χ3n) is 5.19. The van der Waals surface area contributed by atoms with E-state index in [1.54, 1.807) is 0 Å². The molecule has 5 nitrogen and oxygen atoms in total. The van der Waals surface area contributed by atoms with E-state index in [4.69, 9.17) is 0 Å². The Kier molecular flexibility index (Phi) is 4.01. The van der Waals surface area contributed by atoms with Gasteiger partial charge in [-0.3, -0.25) is 4.79 Å². The number of hydrogen-bond donors (Lipinski definition) is 0. The lowest BCUT2D eigenvalue weighted by Gasteiger charge is -2.25. The fourth-order valence-electron chi connectivity index (χ4n) is 3.99. The van der Waals surface area contributed by atoms with Crippen LogP contribution >= 0.6 is 0 Å². The number of carbonyl (C=O) groups is 1. The Morgan fingerprint density at radius 3 is 2.78 bits per heavy atom. The van der Waals surface area contributed by atoms with Crippen LogP contribution in [0.4, 0.5) is 5.82 Å². The summed E-state index contributed by atoms with van der Waals surface area (Å²) in [6.45, 7) is 9.22. The van der Waals surface area contributed by atoms with Crippen molar-refractivity contribution >= 4 is 11.7 Å². The topological polar surface area (TPSA) is 60.2 Å². The predicted molar refractivity (Wildman–Crippen MR) is 89.2 cm³/mol. The molecule has 1 atom stereocenters. The number of amides is 1. The molecule has 2 aliphatic rings. The van der Waals surface area contributed by atoms with Gasteiger partial charge < -0.3 is 9.80 Å². The number of rotatable bonds is 3. The lowest BCUT2D eigenvalue weighted by Crippen LogP contribution is -2.37. The first-order valence-electron chi connectivity index (χ1n) is 8.43. The fourth-order valence-corrected chi connectivity index (χ4v) is 3.99. The maximum absolute atomic E-state index is 12.8. The maximum atomic E-state index is 12.8. The van der Waals surface area contributed by atoms with Gasteiger partial charge in [0.15, 0.2) is 0 Å². The molecule has 1 spiro atoms. The summed E-state index contributed by atoms with van der Waals surface area (Å²) in [5.74, 6) is 1.05. The first-order valence-corrected chi connectivity index (χ1v) is 8.43. The van der Waals surface area contributed by atoms with E-state index in [2.05, 4.69) is 22.9 Å². The van der Waals surface area contributed by atoms with E-state index in [0.29, 0.717) is 18.0 Å². The van der Waals surface area contributed by atoms with Crippen LogP contribution < -0.4 is 4.90 Å². The van der Waals surface area contributed by atoms with Crippen molar-refractivity contribution in [3.8, 4) is 6.07 Å². The highest BCUT2D eigenvalue weighted by atomic mass is 16.2. The number of carbonyl (C=O) groups excluding carboxylic acids is 1. The zero-order valence-corrected chi connectivity index (χ0v) is 14.2. The van der Waals surface area contributed by atoms with Crippen molar-refractivity contribution in [1.29, 1.82) is 5.26 Å². The number of nitrogens with zero attached hydrogens (tertiary/aromatic N) is 4. The Morgan fingerprint density at radius 1 is 1.35 bits per heavy atom. The van der Waals surface area contributed by atoms with Crippen molar-refractivity contribution in [3.05, 3.63) is 22.9 Å². The second-order valence-electron chi connectivity index (χ2n) is 6.89. The minimum absolute atomic E-state index is 0.263. The fraction of sp³-hybridized carbons (Fsp3) is 0.611. The van der Waals surface area contributed by atoms with Crippen molar-refractivity contribution in [2.24, 2.45) is 5.41 Å². The molecular weight excluding hydrogens is 288 g/mol. The van der Waals surface area contributed by atoms with Crippen LogP contribution in [0.2, 0.25) is 0 Å². The number of hydrogen-bond acceptors (Lipinski definition) is 4. The predicted octanol–water partition coefficient (Wildman–Crippen LogP) is 2.41. The van der Waals surface area contributed by atoms with E-state index >= 15 is 0 Å². The van der Waals surface area contributed by atoms with Crippen molar-refractivity contribution < 1.29 is 4.79 Å². The van der Waals surface area contributed by atoms with Crippen LogP contribution in [0, 0.1) is 30.6 Å². The van der Waals surface area contributed by atoms with Crippen LogP contribution in [0.25, 0.3) is 0 Å². The summed E-state index contributed by atoms with van der Waals surface area (Å²) in [6, 6.07) is 4.23. The van der Waals surface area contributed by atoms with Gasteiger partial charge in [0.05, 0.1) is 11.0 Å². The van der Waals surface area contributed by atoms with Crippen LogP contribution in [0.3, 0.4) is 0 Å². The number of pyridine rings is 1. The number of anilines is 1. The summed E-state index contributed by atoms with van der Waals surface area (Å²) in [5.41, 5.74) is 2.26. The molecule has 0 radical (unpaired) electrons. The van der Waals surface area contributed by atoms with E-state index in [1.807, 2.05) is 24.8 Å². The molecular formula is C18H24N4O. The summed E-state index contributed by atoms with van der Waals surface area (Å²) in [4.78, 5) is 21.5. The maximum Gasteiger partial charge on any atom is 0.230 e. The monoisotopic (exact) mass is 312 g/mol. The molecule has 2 fully saturated rings. The van der Waals surface area contributed by atoms with Crippen LogP contribution in [0.15, 0.2) is 6.07 Å². The van der Waals surface area contributed by atoms with E-state index in [0.717, 1.165) is 56.0 Å². The SMILES string of the molecule is CCCN1CCC2(CCN(c3nc(C)cc(C)c3C#N)C2)C1=O. The van der Waals surface area contributed by atoms with Gasteiger partial charge in [0, 0.05) is 31.9 Å². The van der Waals surface area contributed by atoms with Crippen molar-refractivity contribution in [2.75, 3.05) is 31.1 Å². The number of likely N-dealkylation sites (tertiary alicyclic amines) is 1. The first kappa shape index (κ1) is 15.8. The summed E-state index contributed by atoms with van der Waals surface area (Å²) in [6.07, 6.45) is 2.79. The second kappa shape index (κ2) is 5.84. The summed E-state index contributed by atoms with van der Waals surface area (Å²) < 4.78 is 0. The smallest absolute Gasteiger partial charge is 0.230 e. The molecule has 1 unspecified atom stereocenters. The molecule has 0 bridgehead atoms. The van der Waals surface area contributed by atoms with E-state index in [9.17, 15) is 10.1 Å². The summed E-state index contributed by atoms with van der Waals surface area (Å²) in [7, 11) is 0. The molecule has 1 aromatic heterocycles. The number of aryl methyl sites for hydroxylation is 2. The molecule has 23 heavy (non-hydrogen) atoms. The minimum atomic E-state index is -0.263. The van der Waals surface area contributed by atoms with Gasteiger partial charge >= 0.3 is 0 Å². The number of aromatic nitrogens is 1. The van der Waals surface area contributed by atoms with Crippen LogP contribution in [0.1, 0.15) is 43.0 Å². The highest BCUT2D eigenvalue weighted by Crippen LogP contribution is 2.42. The third-order valence-corrected chi connectivity index (χ3v) is 5.19. The highest BCUT2D eigenvalue weighted by Gasteiger charge is 2.50. The van der Waals surface area contributed by atoms with E-state index < -0.39 is 0 Å². The molecule has 2 aliphatic heterocycles. The Hall–Kier alpha value is -2.09. The molecule has 3 rings (SSSR count). The van der Waals surface area contributed by atoms with E-state index in [-0.39, 0.29) is 5.41 Å². The molecule has 0 saturated carbocycles. The minimum Gasteiger partial charge on any atom is -0.354 e. The third kappa shape index (κ3) is 2.56. The van der Waals surface area contributed by atoms with Crippen molar-refractivity contribution in [2.45, 2.75) is 40.0 Å². The lowest BCUT2D eigenvalue weighted by atomic mass is 9.85. The van der Waals surface area contributed by atoms with Gasteiger partial charge in [-0.05, 0) is 44.7 Å². The van der Waals surface area contributed by atoms with Gasteiger partial charge in [0.1, 0.15) is 11.9 Å². The van der Waals surface area contributed by atoms with Gasteiger partial charge in [0.25, 0.3) is 0 Å². The average molecular weight is 312 g/mol. The van der Waals surface area contributed by atoms with E-state index in [1.165, 1.54) is 0 Å². The lowest BCUT2D eigenvalue weighted by molar-refractivity contribution is -0.135. The van der Waals surface area contributed by atoms with Crippen LogP contribution in [-0.2, 0) is 4.79 Å². The van der Waals surface area contributed by atoms with Gasteiger partial charge in [-0.1, -0.05) is 6.92 Å². The molecule has 2 saturated heterocycles. The van der Waals surface area contributed by atoms with Crippen molar-refractivity contribution in [1.82, 2.24) is 9.88 Å². The highest BCUT2D eigenvalue weighted by molar-refractivity contribution is 5.86. The Labute approximate surface area is 137 Å². The zero-order valence-electron chi connectivity index (χ0n) is 14.2. The average Bonchev–Trinajstić information content (AvgIpc) is 3.07. The normalized spacial score (nSPS) is 23.8. The Balaban J connectivity index is 1.87. The number of nitriles is 1. The van der Waals surface area contributed by atoms with Gasteiger partial charge in [0.2, 0.25) is 5.91 Å². The molecule has 0 N–H and O–H groups in total. The zero-order chi connectivity index (χ0) is 16.6. The van der Waals surface area contributed by atoms with Gasteiger partial charge in [-0.2, -0.15) is 5.26 Å². The molecule has 0 aromatic carbocycles. The standard InChI is InChI=1S/C18H24N4O/c1-4-7-21-8-5-18(17(21)23)6-9-22(12-18)16-15(11-19)13(2)10-14(3)20-16/h10H,4-9,12H2,1-3H3. The molecule has 5 heteroatoms. The molecule has 1 aromatic rings. The first-order chi connectivity index (χ1) is 11.0. The molecule has 0 aliphatic carbocycles. The van der Waals surface area contributed by atoms with Gasteiger partial charge in [-0.25, -0.2) is 4.98 Å². The Bertz CT molecular complexity index is 678. The van der Waals surface area contributed by atoms with Crippen LogP contribution in [0.5, 0.6) is 0 Å². The van der Waals surface area contributed by atoms with Crippen molar-refractivity contribution in [3.63, 3.8) is 0 Å². The molecule has 3 heterocycles. The summed E-state index contributed by atoms with van der Waals surface area (Å²) >= 11 is 0. The second-order valence-corrected chi connectivity index (χ2v) is 6.89. The summed E-state index contributed by atoms with van der Waals surface area (Å²) in [5, 5.41) is 9.48.